The highest BCUT2D eigenvalue weighted by molar-refractivity contribution is 5.22. The highest BCUT2D eigenvalue weighted by Gasteiger charge is 2.61. The molecule has 0 unspecified atom stereocenters. The number of rotatable bonds is 3. The Bertz CT molecular complexity index is 681. The van der Waals surface area contributed by atoms with E-state index >= 15 is 0 Å². The minimum absolute atomic E-state index is 0.422. The zero-order valence-electron chi connectivity index (χ0n) is 18.3. The van der Waals surface area contributed by atoms with Gasteiger partial charge >= 0.3 is 0 Å². The molecule has 4 fully saturated rings. The summed E-state index contributed by atoms with van der Waals surface area (Å²) in [6, 6.07) is 10.6. The van der Waals surface area contributed by atoms with Crippen LogP contribution in [0.3, 0.4) is 0 Å². The van der Waals surface area contributed by atoms with Gasteiger partial charge in [0.05, 0.1) is 6.10 Å². The van der Waals surface area contributed by atoms with E-state index in [9.17, 15) is 0 Å². The molecule has 0 amide bonds. The third-order valence-electron chi connectivity index (χ3n) is 10.2. The van der Waals surface area contributed by atoms with Gasteiger partial charge in [0.15, 0.2) is 0 Å². The lowest BCUT2D eigenvalue weighted by Gasteiger charge is -2.61. The van der Waals surface area contributed by atoms with Crippen molar-refractivity contribution < 1.29 is 4.74 Å². The van der Waals surface area contributed by atoms with Crippen LogP contribution in [0.4, 0.5) is 0 Å². The van der Waals surface area contributed by atoms with Crippen LogP contribution in [0.1, 0.15) is 85.0 Å². The second kappa shape index (κ2) is 7.06. The maximum Gasteiger partial charge on any atom is 0.119 e. The first-order valence-corrected chi connectivity index (χ1v) is 12.2. The Hall–Kier alpha value is -0.980. The summed E-state index contributed by atoms with van der Waals surface area (Å²) in [7, 11) is 0. The third-order valence-corrected chi connectivity index (χ3v) is 10.2. The van der Waals surface area contributed by atoms with E-state index in [0.717, 1.165) is 35.3 Å². The molecule has 0 saturated heterocycles. The van der Waals surface area contributed by atoms with Crippen molar-refractivity contribution in [3.8, 4) is 5.75 Å². The number of hydrogen-bond acceptors (Lipinski definition) is 1. The van der Waals surface area contributed by atoms with Crippen LogP contribution < -0.4 is 4.74 Å². The van der Waals surface area contributed by atoms with Crippen LogP contribution in [0.2, 0.25) is 0 Å². The van der Waals surface area contributed by atoms with E-state index in [4.69, 9.17) is 4.74 Å². The summed E-state index contributed by atoms with van der Waals surface area (Å²) in [6.45, 7) is 7.71. The summed E-state index contributed by atoms with van der Waals surface area (Å²) >= 11 is 0. The van der Waals surface area contributed by atoms with Gasteiger partial charge in [0.2, 0.25) is 0 Å². The van der Waals surface area contributed by atoms with Crippen LogP contribution >= 0.6 is 0 Å². The van der Waals surface area contributed by atoms with Crippen molar-refractivity contribution in [2.45, 2.75) is 91.1 Å². The van der Waals surface area contributed by atoms with E-state index in [1.807, 2.05) is 0 Å². The second-order valence-electron chi connectivity index (χ2n) is 11.3. The van der Waals surface area contributed by atoms with Gasteiger partial charge in [-0.2, -0.15) is 0 Å². The standard InChI is InChI=1S/C27H40O/c1-19(2)27-16-14-24-23(13-12-20-9-7-8-15-26(20,24)3)25(27)17-22(18-27)28-21-10-5-4-6-11-21/h4-6,10-11,19-20,22-25H,7-9,12-18H2,1-3H3/t20-,22+,23-,24+,25+,26+,27-/m1/s1. The lowest BCUT2D eigenvalue weighted by molar-refractivity contribution is -0.118. The van der Waals surface area contributed by atoms with Gasteiger partial charge in [-0.25, -0.2) is 0 Å². The first-order valence-electron chi connectivity index (χ1n) is 12.2. The summed E-state index contributed by atoms with van der Waals surface area (Å²) < 4.78 is 6.55. The fourth-order valence-corrected chi connectivity index (χ4v) is 8.73. The Morgan fingerprint density at radius 3 is 2.54 bits per heavy atom. The zero-order chi connectivity index (χ0) is 19.4. The Kier molecular flexibility index (Phi) is 4.80. The van der Waals surface area contributed by atoms with Crippen LogP contribution in [0.15, 0.2) is 30.3 Å². The van der Waals surface area contributed by atoms with E-state index in [1.165, 1.54) is 64.2 Å². The fourth-order valence-electron chi connectivity index (χ4n) is 8.73. The molecular formula is C27H40O. The Balaban J connectivity index is 1.41. The molecule has 0 aromatic heterocycles. The number of para-hydroxylation sites is 1. The monoisotopic (exact) mass is 380 g/mol. The lowest BCUT2D eigenvalue weighted by Crippen LogP contribution is -2.53. The van der Waals surface area contributed by atoms with Crippen LogP contribution in [-0.2, 0) is 0 Å². The average Bonchev–Trinajstić information content (AvgIpc) is 3.08. The lowest BCUT2D eigenvalue weighted by atomic mass is 9.44. The molecule has 0 radical (unpaired) electrons. The minimum Gasteiger partial charge on any atom is -0.490 e. The van der Waals surface area contributed by atoms with E-state index in [1.54, 1.807) is 0 Å². The summed E-state index contributed by atoms with van der Waals surface area (Å²) in [5.41, 5.74) is 1.17. The van der Waals surface area contributed by atoms with Gasteiger partial charge in [-0.05, 0) is 104 Å². The molecule has 1 nitrogen and oxygen atoms in total. The van der Waals surface area contributed by atoms with Crippen LogP contribution in [-0.4, -0.2) is 6.10 Å². The average molecular weight is 381 g/mol. The number of benzene rings is 1. The molecule has 1 heteroatoms. The molecule has 5 rings (SSSR count). The van der Waals surface area contributed by atoms with Crippen molar-refractivity contribution in [2.75, 3.05) is 0 Å². The van der Waals surface area contributed by atoms with Crippen molar-refractivity contribution in [1.29, 1.82) is 0 Å². The normalized spacial score (nSPS) is 45.2. The maximum atomic E-state index is 6.55. The van der Waals surface area contributed by atoms with E-state index in [2.05, 4.69) is 51.1 Å². The largest absolute Gasteiger partial charge is 0.490 e. The first-order chi connectivity index (χ1) is 13.5. The third kappa shape index (κ3) is 2.86. The van der Waals surface area contributed by atoms with Gasteiger partial charge in [0.1, 0.15) is 5.75 Å². The Morgan fingerprint density at radius 1 is 0.929 bits per heavy atom. The SMILES string of the molecule is CC(C)[C@]12CC[C@H]3[C@@H](CC[C@H]4CCCC[C@@]43C)[C@@H]1C[C@H](Oc1ccccc1)C2. The molecule has 0 bridgehead atoms. The Morgan fingerprint density at radius 2 is 1.75 bits per heavy atom. The van der Waals surface area contributed by atoms with Gasteiger partial charge in [-0.3, -0.25) is 0 Å². The summed E-state index contributed by atoms with van der Waals surface area (Å²) in [6.07, 6.45) is 14.9. The highest BCUT2D eigenvalue weighted by atomic mass is 16.5. The van der Waals surface area contributed by atoms with Gasteiger partial charge < -0.3 is 4.74 Å². The van der Waals surface area contributed by atoms with Crippen molar-refractivity contribution in [3.05, 3.63) is 30.3 Å². The molecule has 1 aromatic carbocycles. The molecule has 0 heterocycles. The molecular weight excluding hydrogens is 340 g/mol. The molecule has 7 atom stereocenters. The van der Waals surface area contributed by atoms with Gasteiger partial charge in [-0.15, -0.1) is 0 Å². The van der Waals surface area contributed by atoms with Gasteiger partial charge in [-0.1, -0.05) is 51.8 Å². The quantitative estimate of drug-likeness (QED) is 0.527. The highest BCUT2D eigenvalue weighted by Crippen LogP contribution is 2.68. The van der Waals surface area contributed by atoms with Gasteiger partial charge in [0, 0.05) is 0 Å². The second-order valence-corrected chi connectivity index (χ2v) is 11.3. The maximum absolute atomic E-state index is 6.55. The number of fused-ring (bicyclic) bond motifs is 5. The Labute approximate surface area is 172 Å². The molecule has 1 aromatic rings. The predicted molar refractivity (Wildman–Crippen MR) is 116 cm³/mol. The van der Waals surface area contributed by atoms with Crippen LogP contribution in [0.25, 0.3) is 0 Å². The summed E-state index contributed by atoms with van der Waals surface area (Å²) in [5, 5.41) is 0. The summed E-state index contributed by atoms with van der Waals surface area (Å²) in [5.74, 6) is 5.70. The van der Waals surface area contributed by atoms with E-state index < -0.39 is 0 Å². The molecule has 0 spiro atoms. The van der Waals surface area contributed by atoms with E-state index in [-0.39, 0.29) is 0 Å². The first kappa shape index (κ1) is 19.0. The number of hydrogen-bond donors (Lipinski definition) is 0. The van der Waals surface area contributed by atoms with Gasteiger partial charge in [0.25, 0.3) is 0 Å². The summed E-state index contributed by atoms with van der Waals surface area (Å²) in [4.78, 5) is 0. The van der Waals surface area contributed by atoms with E-state index in [0.29, 0.717) is 16.9 Å². The number of ether oxygens (including phenoxy) is 1. The molecule has 28 heavy (non-hydrogen) atoms. The molecule has 4 aliphatic carbocycles. The molecule has 0 N–H and O–H groups in total. The molecule has 154 valence electrons. The van der Waals surface area contributed by atoms with Crippen LogP contribution in [0, 0.1) is 40.4 Å². The molecule has 4 saturated carbocycles. The van der Waals surface area contributed by atoms with Crippen molar-refractivity contribution in [2.24, 2.45) is 40.4 Å². The van der Waals surface area contributed by atoms with Crippen molar-refractivity contribution in [1.82, 2.24) is 0 Å². The van der Waals surface area contributed by atoms with Crippen LogP contribution in [0.5, 0.6) is 5.75 Å². The zero-order valence-corrected chi connectivity index (χ0v) is 18.3. The minimum atomic E-state index is 0.422. The topological polar surface area (TPSA) is 9.23 Å². The van der Waals surface area contributed by atoms with Crippen molar-refractivity contribution in [3.63, 3.8) is 0 Å². The smallest absolute Gasteiger partial charge is 0.119 e. The molecule has 4 aliphatic rings. The predicted octanol–water partition coefficient (Wildman–Crippen LogP) is 7.50. The molecule has 0 aliphatic heterocycles. The fraction of sp³-hybridized carbons (Fsp3) is 0.778. The van der Waals surface area contributed by atoms with Crippen molar-refractivity contribution >= 4 is 0 Å².